The normalized spacial score (nSPS) is 14.5. The van der Waals surface area contributed by atoms with E-state index in [1.165, 1.54) is 0 Å². The molecule has 0 saturated carbocycles. The van der Waals surface area contributed by atoms with Gasteiger partial charge < -0.3 is 15.2 Å². The molecule has 1 rings (SSSR count). The number of aliphatic hydroxyl groups is 1. The SMILES string of the molecule is COCC(C)(CCO)NCc1cc(Br)ccc1Cl. The van der Waals surface area contributed by atoms with E-state index < -0.39 is 0 Å². The lowest BCUT2D eigenvalue weighted by Crippen LogP contribution is -2.46. The van der Waals surface area contributed by atoms with Crippen molar-refractivity contribution in [2.24, 2.45) is 0 Å². The van der Waals surface area contributed by atoms with Gasteiger partial charge in [0.15, 0.2) is 0 Å². The largest absolute Gasteiger partial charge is 0.396 e. The lowest BCUT2D eigenvalue weighted by atomic mass is 9.99. The minimum absolute atomic E-state index is 0.124. The number of aliphatic hydroxyl groups excluding tert-OH is 1. The maximum atomic E-state index is 9.10. The molecule has 1 unspecified atom stereocenters. The van der Waals surface area contributed by atoms with Crippen molar-refractivity contribution in [1.82, 2.24) is 5.32 Å². The molecule has 0 saturated heterocycles. The fourth-order valence-electron chi connectivity index (χ4n) is 1.76. The van der Waals surface area contributed by atoms with E-state index in [1.54, 1.807) is 7.11 Å². The molecule has 102 valence electrons. The quantitative estimate of drug-likeness (QED) is 0.804. The summed E-state index contributed by atoms with van der Waals surface area (Å²) >= 11 is 9.56. The van der Waals surface area contributed by atoms with Gasteiger partial charge in [0.05, 0.1) is 6.61 Å². The van der Waals surface area contributed by atoms with Crippen LogP contribution in [0.1, 0.15) is 18.9 Å². The van der Waals surface area contributed by atoms with Crippen LogP contribution in [0, 0.1) is 0 Å². The molecular formula is C13H19BrClNO2. The maximum Gasteiger partial charge on any atom is 0.0642 e. The van der Waals surface area contributed by atoms with Crippen LogP contribution in [-0.4, -0.2) is 31.0 Å². The molecule has 5 heteroatoms. The van der Waals surface area contributed by atoms with Gasteiger partial charge >= 0.3 is 0 Å². The Labute approximate surface area is 122 Å². The summed E-state index contributed by atoms with van der Waals surface area (Å²) in [6.07, 6.45) is 0.631. The fraction of sp³-hybridized carbons (Fsp3) is 0.538. The molecule has 0 aliphatic heterocycles. The first-order chi connectivity index (χ1) is 8.50. The predicted octanol–water partition coefficient (Wildman–Crippen LogP) is 2.98. The minimum atomic E-state index is -0.255. The van der Waals surface area contributed by atoms with Crippen LogP contribution in [0.3, 0.4) is 0 Å². The molecule has 0 bridgehead atoms. The van der Waals surface area contributed by atoms with Gasteiger partial charge in [-0.1, -0.05) is 27.5 Å². The molecule has 1 atom stereocenters. The molecule has 0 aliphatic rings. The van der Waals surface area contributed by atoms with E-state index in [2.05, 4.69) is 21.2 Å². The molecule has 18 heavy (non-hydrogen) atoms. The number of ether oxygens (including phenoxy) is 1. The molecule has 0 amide bonds. The number of methoxy groups -OCH3 is 1. The summed E-state index contributed by atoms with van der Waals surface area (Å²) in [6.45, 7) is 3.33. The van der Waals surface area contributed by atoms with Crippen molar-refractivity contribution in [3.8, 4) is 0 Å². The summed E-state index contributed by atoms with van der Waals surface area (Å²) in [7, 11) is 1.66. The topological polar surface area (TPSA) is 41.5 Å². The van der Waals surface area contributed by atoms with Crippen LogP contribution in [-0.2, 0) is 11.3 Å². The van der Waals surface area contributed by atoms with E-state index in [0.717, 1.165) is 15.1 Å². The Morgan fingerprint density at radius 3 is 2.83 bits per heavy atom. The van der Waals surface area contributed by atoms with E-state index >= 15 is 0 Å². The van der Waals surface area contributed by atoms with Crippen molar-refractivity contribution < 1.29 is 9.84 Å². The van der Waals surface area contributed by atoms with E-state index in [0.29, 0.717) is 19.6 Å². The van der Waals surface area contributed by atoms with Gasteiger partial charge in [0.25, 0.3) is 0 Å². The number of hydrogen-bond donors (Lipinski definition) is 2. The van der Waals surface area contributed by atoms with Gasteiger partial charge in [0.1, 0.15) is 0 Å². The first-order valence-corrected chi connectivity index (χ1v) is 6.96. The third kappa shape index (κ3) is 4.86. The first kappa shape index (κ1) is 15.9. The van der Waals surface area contributed by atoms with Crippen molar-refractivity contribution >= 4 is 27.5 Å². The van der Waals surface area contributed by atoms with Gasteiger partial charge in [0.2, 0.25) is 0 Å². The van der Waals surface area contributed by atoms with E-state index in [-0.39, 0.29) is 12.1 Å². The Kier molecular flexibility index (Phi) is 6.60. The van der Waals surface area contributed by atoms with Crippen LogP contribution in [0.25, 0.3) is 0 Å². The molecule has 0 heterocycles. The van der Waals surface area contributed by atoms with Crippen molar-refractivity contribution in [3.05, 3.63) is 33.3 Å². The Morgan fingerprint density at radius 2 is 2.22 bits per heavy atom. The smallest absolute Gasteiger partial charge is 0.0642 e. The Hall–Kier alpha value is -0.130. The van der Waals surface area contributed by atoms with Crippen LogP contribution < -0.4 is 5.32 Å². The molecule has 3 nitrogen and oxygen atoms in total. The number of rotatable bonds is 7. The molecule has 1 aromatic rings. The van der Waals surface area contributed by atoms with E-state index in [1.807, 2.05) is 25.1 Å². The molecule has 0 radical (unpaired) electrons. The minimum Gasteiger partial charge on any atom is -0.396 e. The molecule has 0 aliphatic carbocycles. The second-order valence-corrected chi connectivity index (χ2v) is 5.88. The Morgan fingerprint density at radius 1 is 1.50 bits per heavy atom. The summed E-state index contributed by atoms with van der Waals surface area (Å²) < 4.78 is 6.19. The molecule has 0 fully saturated rings. The van der Waals surface area contributed by atoms with Gasteiger partial charge in [-0.2, -0.15) is 0 Å². The molecule has 1 aromatic carbocycles. The van der Waals surface area contributed by atoms with Gasteiger partial charge in [-0.15, -0.1) is 0 Å². The zero-order valence-electron chi connectivity index (χ0n) is 10.7. The number of nitrogens with one attached hydrogen (secondary N) is 1. The van der Waals surface area contributed by atoms with E-state index in [4.69, 9.17) is 21.4 Å². The number of halogens is 2. The summed E-state index contributed by atoms with van der Waals surface area (Å²) in [5.41, 5.74) is 0.765. The van der Waals surface area contributed by atoms with Crippen LogP contribution >= 0.6 is 27.5 Å². The third-order valence-corrected chi connectivity index (χ3v) is 3.70. The van der Waals surface area contributed by atoms with Gasteiger partial charge in [-0.25, -0.2) is 0 Å². The Bertz CT molecular complexity index is 381. The molecular weight excluding hydrogens is 318 g/mol. The maximum absolute atomic E-state index is 9.10. The van der Waals surface area contributed by atoms with Crippen LogP contribution in [0.2, 0.25) is 5.02 Å². The summed E-state index contributed by atoms with van der Waals surface area (Å²) in [5.74, 6) is 0. The third-order valence-electron chi connectivity index (χ3n) is 2.84. The first-order valence-electron chi connectivity index (χ1n) is 5.79. The molecule has 0 spiro atoms. The highest BCUT2D eigenvalue weighted by Gasteiger charge is 2.23. The molecule has 2 N–H and O–H groups in total. The highest BCUT2D eigenvalue weighted by atomic mass is 79.9. The van der Waals surface area contributed by atoms with Crippen molar-refractivity contribution in [2.75, 3.05) is 20.3 Å². The van der Waals surface area contributed by atoms with Crippen LogP contribution in [0.15, 0.2) is 22.7 Å². The Balaban J connectivity index is 2.69. The van der Waals surface area contributed by atoms with Crippen molar-refractivity contribution in [1.29, 1.82) is 0 Å². The van der Waals surface area contributed by atoms with E-state index in [9.17, 15) is 0 Å². The summed E-state index contributed by atoms with van der Waals surface area (Å²) in [4.78, 5) is 0. The van der Waals surface area contributed by atoms with Crippen LogP contribution in [0.5, 0.6) is 0 Å². The van der Waals surface area contributed by atoms with Gasteiger partial charge in [-0.05, 0) is 37.1 Å². The summed E-state index contributed by atoms with van der Waals surface area (Å²) in [6, 6.07) is 5.76. The monoisotopic (exact) mass is 335 g/mol. The van der Waals surface area contributed by atoms with Crippen LogP contribution in [0.4, 0.5) is 0 Å². The van der Waals surface area contributed by atoms with Crippen molar-refractivity contribution in [2.45, 2.75) is 25.4 Å². The second kappa shape index (κ2) is 7.46. The fourth-order valence-corrected chi connectivity index (χ4v) is 2.36. The highest BCUT2D eigenvalue weighted by molar-refractivity contribution is 9.10. The van der Waals surface area contributed by atoms with Crippen molar-refractivity contribution in [3.63, 3.8) is 0 Å². The van der Waals surface area contributed by atoms with Gasteiger partial charge in [-0.3, -0.25) is 0 Å². The molecule has 0 aromatic heterocycles. The lowest BCUT2D eigenvalue weighted by Gasteiger charge is -2.30. The zero-order valence-corrected chi connectivity index (χ0v) is 13.0. The average molecular weight is 337 g/mol. The lowest BCUT2D eigenvalue weighted by molar-refractivity contribution is 0.0970. The number of benzene rings is 1. The zero-order chi connectivity index (χ0) is 13.6. The second-order valence-electron chi connectivity index (χ2n) is 4.56. The summed E-state index contributed by atoms with van der Waals surface area (Å²) in [5, 5.41) is 13.2. The highest BCUT2D eigenvalue weighted by Crippen LogP contribution is 2.22. The van der Waals surface area contributed by atoms with Gasteiger partial charge in [0, 0.05) is 35.3 Å². The standard InChI is InChI=1S/C13H19BrClNO2/c1-13(5-6-17,9-18-2)16-8-10-7-11(14)3-4-12(10)15/h3-4,7,16-17H,5-6,8-9H2,1-2H3. The average Bonchev–Trinajstić information content (AvgIpc) is 2.31. The predicted molar refractivity (Wildman–Crippen MR) is 78.0 cm³/mol. The number of hydrogen-bond acceptors (Lipinski definition) is 3.